The van der Waals surface area contributed by atoms with Crippen LogP contribution in [-0.4, -0.2) is 63.2 Å². The van der Waals surface area contributed by atoms with Crippen LogP contribution in [0.4, 0.5) is 37.2 Å². The van der Waals surface area contributed by atoms with E-state index in [1.54, 1.807) is 64.9 Å². The molecule has 0 spiro atoms. The molecule has 1 aliphatic heterocycles. The number of carbonyl (C=O) groups is 3. The molecule has 2 N–H and O–H groups in total. The second-order valence-electron chi connectivity index (χ2n) is 16.9. The van der Waals surface area contributed by atoms with Gasteiger partial charge < -0.3 is 29.0 Å². The maximum atomic E-state index is 17.6. The summed E-state index contributed by atoms with van der Waals surface area (Å²) in [5.74, 6) is -5.26. The van der Waals surface area contributed by atoms with Crippen molar-refractivity contribution >= 4 is 34.7 Å². The fourth-order valence-corrected chi connectivity index (χ4v) is 7.57. The van der Waals surface area contributed by atoms with Gasteiger partial charge in [0.2, 0.25) is 5.91 Å². The number of aromatic nitrogens is 2. The molecule has 1 saturated heterocycles. The van der Waals surface area contributed by atoms with Gasteiger partial charge in [0, 0.05) is 42.0 Å². The monoisotopic (exact) mass is 788 g/mol. The van der Waals surface area contributed by atoms with Crippen LogP contribution in [0.3, 0.4) is 0 Å². The van der Waals surface area contributed by atoms with Crippen molar-refractivity contribution in [3.63, 3.8) is 0 Å². The molecule has 6 rings (SSSR count). The highest BCUT2D eigenvalue weighted by Crippen LogP contribution is 2.62. The average molecular weight is 789 g/mol. The molecule has 2 unspecified atom stereocenters. The molecular formula is C39H45F5N6O6. The lowest BCUT2D eigenvalue weighted by Gasteiger charge is -2.26. The first kappa shape index (κ1) is 40.5. The summed E-state index contributed by atoms with van der Waals surface area (Å²) in [6.07, 6.45) is -6.03. The molecule has 0 radical (unpaired) electrons. The van der Waals surface area contributed by atoms with Crippen LogP contribution in [0.1, 0.15) is 109 Å². The molecule has 3 fully saturated rings. The van der Waals surface area contributed by atoms with Gasteiger partial charge in [-0.15, -0.1) is 13.2 Å². The van der Waals surface area contributed by atoms with E-state index in [4.69, 9.17) is 14.7 Å². The van der Waals surface area contributed by atoms with Crippen molar-refractivity contribution in [3.8, 4) is 23.1 Å². The van der Waals surface area contributed by atoms with Gasteiger partial charge in [-0.2, -0.15) is 5.26 Å². The Morgan fingerprint density at radius 3 is 2.16 bits per heavy atom. The van der Waals surface area contributed by atoms with Crippen LogP contribution < -0.4 is 15.4 Å². The van der Waals surface area contributed by atoms with Crippen LogP contribution >= 0.6 is 0 Å². The van der Waals surface area contributed by atoms with Crippen LogP contribution in [0.5, 0.6) is 5.75 Å². The predicted octanol–water partition coefficient (Wildman–Crippen LogP) is 8.80. The number of carbonyl (C=O) groups excluding carboxylic acids is 3. The highest BCUT2D eigenvalue weighted by atomic mass is 19.4. The Bertz CT molecular complexity index is 2110. The Labute approximate surface area is 320 Å². The van der Waals surface area contributed by atoms with Crippen LogP contribution in [0, 0.1) is 34.8 Å². The summed E-state index contributed by atoms with van der Waals surface area (Å²) in [5, 5.41) is 14.6. The minimum Gasteiger partial charge on any atom is -0.444 e. The normalized spacial score (nSPS) is 19.4. The van der Waals surface area contributed by atoms with Crippen molar-refractivity contribution in [2.75, 3.05) is 18.4 Å². The summed E-state index contributed by atoms with van der Waals surface area (Å²) in [6.45, 7) is 14.3. The number of piperidine rings is 1. The highest BCUT2D eigenvalue weighted by Gasteiger charge is 2.59. The number of halogens is 5. The molecule has 3 aliphatic rings. The number of alkyl halides is 3. The zero-order valence-electron chi connectivity index (χ0n) is 32.4. The zero-order valence-corrected chi connectivity index (χ0v) is 32.4. The second kappa shape index (κ2) is 14.4. The quantitative estimate of drug-likeness (QED) is 0.205. The first-order valence-corrected chi connectivity index (χ1v) is 18.4. The lowest BCUT2D eigenvalue weighted by atomic mass is 9.95. The SMILES string of the molecule is CC(C)c1nc(-c2cc(NC(=O)OC(C)(C)C)cc(F)c2OC(F)(F)F)c(F)c2c1c(C1C3CN(C(=O)OC(C)(C)C)CC31)c(CNC(=O)CC#N)n2C1CC1. The summed E-state index contributed by atoms with van der Waals surface area (Å²) in [7, 11) is 0. The Morgan fingerprint density at radius 2 is 1.62 bits per heavy atom. The van der Waals surface area contributed by atoms with E-state index in [0.717, 1.165) is 6.07 Å². The fraction of sp³-hybridized carbons (Fsp3) is 0.564. The van der Waals surface area contributed by atoms with Crippen molar-refractivity contribution in [2.24, 2.45) is 11.8 Å². The summed E-state index contributed by atoms with van der Waals surface area (Å²) >= 11 is 0. The van der Waals surface area contributed by atoms with Gasteiger partial charge in [-0.1, -0.05) is 13.8 Å². The molecule has 3 aromatic rings. The van der Waals surface area contributed by atoms with E-state index in [0.29, 0.717) is 54.3 Å². The lowest BCUT2D eigenvalue weighted by molar-refractivity contribution is -0.275. The maximum Gasteiger partial charge on any atom is 0.573 e. The smallest absolute Gasteiger partial charge is 0.444 e. The number of rotatable bonds is 9. The van der Waals surface area contributed by atoms with Gasteiger partial charge in [-0.3, -0.25) is 10.1 Å². The van der Waals surface area contributed by atoms with Gasteiger partial charge in [0.15, 0.2) is 17.4 Å². The number of fused-ring (bicyclic) bond motifs is 2. The molecule has 12 nitrogen and oxygen atoms in total. The first-order valence-electron chi connectivity index (χ1n) is 18.4. The Morgan fingerprint density at radius 1 is 1.00 bits per heavy atom. The van der Waals surface area contributed by atoms with Crippen molar-refractivity contribution < 1.29 is 50.5 Å². The standard InChI is InChI=1S/C39H45F5N6O6/c1-18(2)31-29-28(27-22-16-49(17-23(22)27)36(53)56-38(6,7)8)25(15-46-26(51)11-12-45)50(20-9-10-20)33(29)30(41)32(48-31)21-13-19(47-35(52)55-37(3,4)5)14-24(40)34(21)54-39(42,43)44/h13-14,18,20,22-23,27H,9-11,15-17H2,1-8H3,(H,46,51)(H,47,52). The molecular weight excluding hydrogens is 743 g/mol. The van der Waals surface area contributed by atoms with Gasteiger partial charge in [-0.05, 0) is 89.7 Å². The minimum absolute atomic E-state index is 0.0126. The van der Waals surface area contributed by atoms with Crippen molar-refractivity contribution in [3.05, 3.63) is 40.7 Å². The first-order chi connectivity index (χ1) is 26.0. The van der Waals surface area contributed by atoms with Gasteiger partial charge in [0.05, 0.1) is 29.4 Å². The van der Waals surface area contributed by atoms with Crippen molar-refractivity contribution in [2.45, 2.75) is 117 Å². The topological polar surface area (TPSA) is 148 Å². The van der Waals surface area contributed by atoms with E-state index in [1.165, 1.54) is 0 Å². The minimum atomic E-state index is -5.38. The summed E-state index contributed by atoms with van der Waals surface area (Å²) < 4.78 is 91.4. The number of nitriles is 1. The summed E-state index contributed by atoms with van der Waals surface area (Å²) in [6, 6.07) is 3.11. The van der Waals surface area contributed by atoms with Crippen LogP contribution in [0.15, 0.2) is 12.1 Å². The number of nitrogens with one attached hydrogen (secondary N) is 2. The molecule has 1 aromatic carbocycles. The van der Waals surface area contributed by atoms with E-state index < -0.39 is 76.6 Å². The third-order valence-corrected chi connectivity index (χ3v) is 9.75. The number of hydrogen-bond acceptors (Lipinski definition) is 8. The van der Waals surface area contributed by atoms with E-state index in [2.05, 4.69) is 20.4 Å². The van der Waals surface area contributed by atoms with Crippen molar-refractivity contribution in [1.29, 1.82) is 5.26 Å². The molecule has 2 atom stereocenters. The fourth-order valence-electron chi connectivity index (χ4n) is 7.57. The largest absolute Gasteiger partial charge is 0.573 e. The van der Waals surface area contributed by atoms with Gasteiger partial charge in [-0.25, -0.2) is 23.4 Å². The van der Waals surface area contributed by atoms with E-state index in [-0.39, 0.29) is 41.5 Å². The van der Waals surface area contributed by atoms with Gasteiger partial charge in [0.1, 0.15) is 23.3 Å². The highest BCUT2D eigenvalue weighted by molar-refractivity contribution is 5.94. The average Bonchev–Trinajstić information content (AvgIpc) is 3.92. The molecule has 17 heteroatoms. The summed E-state index contributed by atoms with van der Waals surface area (Å²) in [5.41, 5.74) is -1.81. The summed E-state index contributed by atoms with van der Waals surface area (Å²) in [4.78, 5) is 44.5. The molecule has 302 valence electrons. The Hall–Kier alpha value is -5.14. The number of amides is 3. The number of ether oxygens (including phenoxy) is 3. The van der Waals surface area contributed by atoms with Crippen LogP contribution in [0.2, 0.25) is 0 Å². The molecule has 0 bridgehead atoms. The molecule has 3 amide bonds. The second-order valence-corrected chi connectivity index (χ2v) is 16.9. The van der Waals surface area contributed by atoms with E-state index >= 15 is 8.78 Å². The molecule has 2 aliphatic carbocycles. The number of benzene rings is 1. The third kappa shape index (κ3) is 8.48. The Balaban J connectivity index is 1.56. The Kier molecular flexibility index (Phi) is 10.4. The molecule has 56 heavy (non-hydrogen) atoms. The van der Waals surface area contributed by atoms with E-state index in [9.17, 15) is 27.6 Å². The van der Waals surface area contributed by atoms with Crippen LogP contribution in [-0.2, 0) is 20.8 Å². The maximum absolute atomic E-state index is 17.6. The number of likely N-dealkylation sites (tertiary alicyclic amines) is 1. The number of nitrogens with zero attached hydrogens (tertiary/aromatic N) is 4. The third-order valence-electron chi connectivity index (χ3n) is 9.75. The molecule has 2 aromatic heterocycles. The predicted molar refractivity (Wildman–Crippen MR) is 194 cm³/mol. The van der Waals surface area contributed by atoms with Gasteiger partial charge >= 0.3 is 18.5 Å². The van der Waals surface area contributed by atoms with Crippen molar-refractivity contribution in [1.82, 2.24) is 19.8 Å². The van der Waals surface area contributed by atoms with Crippen LogP contribution in [0.25, 0.3) is 22.2 Å². The van der Waals surface area contributed by atoms with Gasteiger partial charge in [0.25, 0.3) is 0 Å². The number of hydrogen-bond donors (Lipinski definition) is 2. The zero-order chi connectivity index (χ0) is 41.2. The molecule has 3 heterocycles. The van der Waals surface area contributed by atoms with E-state index in [1.807, 2.05) is 6.07 Å². The molecule has 2 saturated carbocycles. The number of pyridine rings is 1. The lowest BCUT2D eigenvalue weighted by Crippen LogP contribution is -2.37. The number of anilines is 1.